The van der Waals surface area contributed by atoms with Gasteiger partial charge in [0.25, 0.3) is 5.91 Å². The van der Waals surface area contributed by atoms with E-state index in [0.29, 0.717) is 16.3 Å². The number of pyridine rings is 1. The third-order valence-corrected chi connectivity index (χ3v) is 4.97. The minimum absolute atomic E-state index is 0.141. The zero-order valence-corrected chi connectivity index (χ0v) is 15.4. The summed E-state index contributed by atoms with van der Waals surface area (Å²) in [4.78, 5) is 19.1. The van der Waals surface area contributed by atoms with Crippen molar-refractivity contribution >= 4 is 60.7 Å². The third kappa shape index (κ3) is 3.16. The van der Waals surface area contributed by atoms with E-state index in [1.807, 2.05) is 12.1 Å². The van der Waals surface area contributed by atoms with Gasteiger partial charge in [0.15, 0.2) is 0 Å². The van der Waals surface area contributed by atoms with E-state index >= 15 is 0 Å². The van der Waals surface area contributed by atoms with Gasteiger partial charge in [-0.25, -0.2) is 9.37 Å². The average molecular weight is 441 g/mol. The Bertz CT molecular complexity index is 894. The van der Waals surface area contributed by atoms with E-state index < -0.39 is 0 Å². The van der Waals surface area contributed by atoms with E-state index in [9.17, 15) is 9.18 Å². The SMILES string of the molecule is CN(C)C(=O)c1c(Nc2ccc(I)cc2F)sc2ncccc12. The topological polar surface area (TPSA) is 45.2 Å². The summed E-state index contributed by atoms with van der Waals surface area (Å²) in [6.45, 7) is 0. The number of anilines is 2. The summed E-state index contributed by atoms with van der Waals surface area (Å²) in [7, 11) is 3.38. The predicted molar refractivity (Wildman–Crippen MR) is 100 cm³/mol. The lowest BCUT2D eigenvalue weighted by Crippen LogP contribution is -2.22. The maximum Gasteiger partial charge on any atom is 0.257 e. The smallest absolute Gasteiger partial charge is 0.257 e. The molecule has 0 spiro atoms. The van der Waals surface area contributed by atoms with Crippen LogP contribution in [0.3, 0.4) is 0 Å². The first kappa shape index (κ1) is 16.1. The van der Waals surface area contributed by atoms with Crippen LogP contribution in [0.5, 0.6) is 0 Å². The number of aromatic nitrogens is 1. The number of benzene rings is 1. The summed E-state index contributed by atoms with van der Waals surface area (Å²) < 4.78 is 14.9. The van der Waals surface area contributed by atoms with E-state index in [4.69, 9.17) is 0 Å². The molecule has 0 radical (unpaired) electrons. The van der Waals surface area contributed by atoms with E-state index in [1.54, 1.807) is 32.4 Å². The molecule has 3 aromatic rings. The van der Waals surface area contributed by atoms with Crippen molar-refractivity contribution in [2.75, 3.05) is 19.4 Å². The van der Waals surface area contributed by atoms with Crippen LogP contribution in [-0.4, -0.2) is 29.9 Å². The van der Waals surface area contributed by atoms with Gasteiger partial charge in [0.1, 0.15) is 15.6 Å². The molecule has 3 rings (SSSR count). The van der Waals surface area contributed by atoms with Gasteiger partial charge in [0.2, 0.25) is 0 Å². The fraction of sp³-hybridized carbons (Fsp3) is 0.125. The number of halogens is 2. The number of amides is 1. The molecule has 1 amide bonds. The van der Waals surface area contributed by atoms with E-state index in [2.05, 4.69) is 32.9 Å². The molecule has 0 saturated carbocycles. The summed E-state index contributed by atoms with van der Waals surface area (Å²) in [5, 5.41) is 4.41. The van der Waals surface area contributed by atoms with Crippen molar-refractivity contribution in [3.63, 3.8) is 0 Å². The fourth-order valence-electron chi connectivity index (χ4n) is 2.17. The van der Waals surface area contributed by atoms with Gasteiger partial charge < -0.3 is 10.2 Å². The van der Waals surface area contributed by atoms with Crippen molar-refractivity contribution in [3.05, 3.63) is 51.5 Å². The Kier molecular flexibility index (Phi) is 4.49. The zero-order valence-electron chi connectivity index (χ0n) is 12.4. The maximum atomic E-state index is 14.1. The van der Waals surface area contributed by atoms with Crippen LogP contribution in [0.1, 0.15) is 10.4 Å². The maximum absolute atomic E-state index is 14.1. The molecule has 0 atom stereocenters. The van der Waals surface area contributed by atoms with Crippen LogP contribution in [0.25, 0.3) is 10.2 Å². The standard InChI is InChI=1S/C16H13FIN3OS/c1-21(2)16(22)13-10-4-3-7-19-14(10)23-15(13)20-12-6-5-9(18)8-11(12)17/h3-8,20H,1-2H3. The Morgan fingerprint density at radius 3 is 2.83 bits per heavy atom. The number of thiophene rings is 1. The molecule has 2 aromatic heterocycles. The van der Waals surface area contributed by atoms with Crippen molar-refractivity contribution in [2.24, 2.45) is 0 Å². The molecule has 0 bridgehead atoms. The molecule has 118 valence electrons. The molecule has 0 aliphatic heterocycles. The van der Waals surface area contributed by atoms with E-state index in [0.717, 1.165) is 13.8 Å². The summed E-state index contributed by atoms with van der Waals surface area (Å²) in [6, 6.07) is 8.56. The highest BCUT2D eigenvalue weighted by Crippen LogP contribution is 2.37. The normalized spacial score (nSPS) is 10.8. The zero-order chi connectivity index (χ0) is 16.6. The molecule has 1 N–H and O–H groups in total. The van der Waals surface area contributed by atoms with Crippen molar-refractivity contribution in [1.82, 2.24) is 9.88 Å². The molecule has 0 fully saturated rings. The number of hydrogen-bond donors (Lipinski definition) is 1. The van der Waals surface area contributed by atoms with Crippen molar-refractivity contribution in [3.8, 4) is 0 Å². The lowest BCUT2D eigenvalue weighted by atomic mass is 10.2. The van der Waals surface area contributed by atoms with Gasteiger partial charge in [-0.2, -0.15) is 0 Å². The molecule has 0 aliphatic rings. The van der Waals surface area contributed by atoms with Gasteiger partial charge in [-0.3, -0.25) is 4.79 Å². The number of hydrogen-bond acceptors (Lipinski definition) is 4. The van der Waals surface area contributed by atoms with Gasteiger partial charge in [-0.05, 0) is 52.9 Å². The predicted octanol–water partition coefficient (Wildman–Crippen LogP) is 4.49. The second kappa shape index (κ2) is 6.40. The lowest BCUT2D eigenvalue weighted by molar-refractivity contribution is 0.0831. The molecule has 4 nitrogen and oxygen atoms in total. The minimum Gasteiger partial charge on any atom is -0.345 e. The molecule has 7 heteroatoms. The Balaban J connectivity index is 2.13. The fourth-order valence-corrected chi connectivity index (χ4v) is 3.67. The minimum atomic E-state index is -0.356. The highest BCUT2D eigenvalue weighted by atomic mass is 127. The van der Waals surface area contributed by atoms with Gasteiger partial charge in [0.05, 0.1) is 11.3 Å². The van der Waals surface area contributed by atoms with Gasteiger partial charge in [0, 0.05) is 29.2 Å². The molecule has 23 heavy (non-hydrogen) atoms. The molecular formula is C16H13FIN3OS. The van der Waals surface area contributed by atoms with Crippen LogP contribution in [0.2, 0.25) is 0 Å². The highest BCUT2D eigenvalue weighted by molar-refractivity contribution is 14.1. The lowest BCUT2D eigenvalue weighted by Gasteiger charge is -2.13. The van der Waals surface area contributed by atoms with Gasteiger partial charge in [-0.15, -0.1) is 0 Å². The molecule has 0 saturated heterocycles. The third-order valence-electron chi connectivity index (χ3n) is 3.27. The number of carbonyl (C=O) groups is 1. The first-order chi connectivity index (χ1) is 11.0. The summed E-state index contributed by atoms with van der Waals surface area (Å²) >= 11 is 3.39. The number of nitrogens with one attached hydrogen (secondary N) is 1. The summed E-state index contributed by atoms with van der Waals surface area (Å²) in [5.41, 5.74) is 0.853. The first-order valence-corrected chi connectivity index (χ1v) is 8.68. The van der Waals surface area contributed by atoms with E-state index in [-0.39, 0.29) is 11.7 Å². The average Bonchev–Trinajstić information content (AvgIpc) is 2.87. The first-order valence-electron chi connectivity index (χ1n) is 6.78. The Labute approximate surface area is 150 Å². The number of fused-ring (bicyclic) bond motifs is 1. The van der Waals surface area contributed by atoms with Gasteiger partial charge >= 0.3 is 0 Å². The van der Waals surface area contributed by atoms with Crippen LogP contribution in [-0.2, 0) is 0 Å². The number of nitrogens with zero attached hydrogens (tertiary/aromatic N) is 2. The van der Waals surface area contributed by atoms with Crippen LogP contribution < -0.4 is 5.32 Å². The van der Waals surface area contributed by atoms with Crippen LogP contribution in [0, 0.1) is 9.39 Å². The van der Waals surface area contributed by atoms with Crippen molar-refractivity contribution < 1.29 is 9.18 Å². The van der Waals surface area contributed by atoms with Crippen LogP contribution in [0.4, 0.5) is 15.1 Å². The number of carbonyl (C=O) groups excluding carboxylic acids is 1. The van der Waals surface area contributed by atoms with Crippen LogP contribution in [0.15, 0.2) is 36.5 Å². The molecule has 2 heterocycles. The monoisotopic (exact) mass is 441 g/mol. The Morgan fingerprint density at radius 1 is 1.35 bits per heavy atom. The quantitative estimate of drug-likeness (QED) is 0.610. The second-order valence-corrected chi connectivity index (χ2v) is 7.36. The Hall–Kier alpha value is -1.74. The molecular weight excluding hydrogens is 428 g/mol. The summed E-state index contributed by atoms with van der Waals surface area (Å²) in [5.74, 6) is -0.497. The van der Waals surface area contributed by atoms with Crippen molar-refractivity contribution in [1.29, 1.82) is 0 Å². The largest absolute Gasteiger partial charge is 0.345 e. The molecule has 1 aromatic carbocycles. The highest BCUT2D eigenvalue weighted by Gasteiger charge is 2.21. The van der Waals surface area contributed by atoms with Crippen LogP contribution >= 0.6 is 33.9 Å². The second-order valence-electron chi connectivity index (χ2n) is 5.11. The van der Waals surface area contributed by atoms with E-state index in [1.165, 1.54) is 22.3 Å². The van der Waals surface area contributed by atoms with Crippen molar-refractivity contribution in [2.45, 2.75) is 0 Å². The Morgan fingerprint density at radius 2 is 2.13 bits per heavy atom. The summed E-state index contributed by atoms with van der Waals surface area (Å²) in [6.07, 6.45) is 1.68. The number of rotatable bonds is 3. The molecule has 0 aliphatic carbocycles. The van der Waals surface area contributed by atoms with Gasteiger partial charge in [-0.1, -0.05) is 11.3 Å². The molecule has 0 unspecified atom stereocenters.